The summed E-state index contributed by atoms with van der Waals surface area (Å²) in [6, 6.07) is 9.32. The third-order valence-corrected chi connectivity index (χ3v) is 3.45. The maximum atomic E-state index is 11.8. The summed E-state index contributed by atoms with van der Waals surface area (Å²) in [5.74, 6) is -0.575. The van der Waals surface area contributed by atoms with Crippen LogP contribution in [-0.4, -0.2) is 28.0 Å². The largest absolute Gasteiger partial charge is 0.464 e. The van der Waals surface area contributed by atoms with Crippen molar-refractivity contribution in [1.82, 2.24) is 9.71 Å². The van der Waals surface area contributed by atoms with Crippen LogP contribution in [0.4, 0.5) is 0 Å². The van der Waals surface area contributed by atoms with Gasteiger partial charge in [-0.2, -0.15) is 4.73 Å². The molecule has 0 fully saturated rings. The van der Waals surface area contributed by atoms with Crippen LogP contribution in [-0.2, 0) is 11.2 Å². The lowest BCUT2D eigenvalue weighted by atomic mass is 10.0. The predicted octanol–water partition coefficient (Wildman–Crippen LogP) is 2.73. The van der Waals surface area contributed by atoms with E-state index in [-0.39, 0.29) is 5.69 Å². The number of carbonyl (C=O) groups is 1. The van der Waals surface area contributed by atoms with E-state index in [0.29, 0.717) is 17.8 Å². The van der Waals surface area contributed by atoms with Crippen molar-refractivity contribution in [3.8, 4) is 11.3 Å². The van der Waals surface area contributed by atoms with E-state index < -0.39 is 5.97 Å². The van der Waals surface area contributed by atoms with Crippen molar-refractivity contribution in [2.45, 2.75) is 13.3 Å². The van der Waals surface area contributed by atoms with Crippen molar-refractivity contribution in [2.24, 2.45) is 0 Å². The number of hydrogen-bond donors (Lipinski definition) is 1. The number of para-hydroxylation sites is 1. The lowest BCUT2D eigenvalue weighted by Gasteiger charge is -2.14. The van der Waals surface area contributed by atoms with Gasteiger partial charge >= 0.3 is 5.97 Å². The van der Waals surface area contributed by atoms with Crippen LogP contribution in [0.1, 0.15) is 23.1 Å². The first kappa shape index (κ1) is 12.5. The van der Waals surface area contributed by atoms with Crippen molar-refractivity contribution in [3.63, 3.8) is 0 Å². The van der Waals surface area contributed by atoms with Gasteiger partial charge in [0.1, 0.15) is 0 Å². The van der Waals surface area contributed by atoms with Gasteiger partial charge in [0.15, 0.2) is 5.69 Å². The molecule has 0 unspecified atom stereocenters. The van der Waals surface area contributed by atoms with Crippen LogP contribution in [0, 0.1) is 0 Å². The van der Waals surface area contributed by atoms with E-state index in [9.17, 15) is 10.0 Å². The lowest BCUT2D eigenvalue weighted by Crippen LogP contribution is -2.16. The normalized spacial score (nSPS) is 11.1. The number of pyridine rings is 1. The first-order valence-electron chi connectivity index (χ1n) is 6.38. The van der Waals surface area contributed by atoms with Crippen LogP contribution < -0.4 is 0 Å². The number of nitrogens with zero attached hydrogens (tertiary/aromatic N) is 2. The SMILES string of the molecule is CCc1c2nc3ccccc3c-2cc(C(=O)OC)n1O. The fraction of sp³-hybridized carbons (Fsp3) is 0.200. The second kappa shape index (κ2) is 4.52. The quantitative estimate of drug-likeness (QED) is 0.574. The van der Waals surface area contributed by atoms with Gasteiger partial charge in [-0.3, -0.25) is 0 Å². The number of aromatic nitrogens is 2. The van der Waals surface area contributed by atoms with Gasteiger partial charge in [-0.1, -0.05) is 25.1 Å². The van der Waals surface area contributed by atoms with Crippen LogP contribution in [0.25, 0.3) is 22.2 Å². The Bertz CT molecular complexity index is 776. The highest BCUT2D eigenvalue weighted by molar-refractivity contribution is 6.00. The van der Waals surface area contributed by atoms with Crippen molar-refractivity contribution in [2.75, 3.05) is 7.11 Å². The standard InChI is InChI=1S/C15H14N2O3/c1-3-12-14-10(8-13(17(12)19)15(18)20-2)9-6-4-5-7-11(9)16-14/h4-8,19H,3H2,1-2H3. The molecule has 0 saturated carbocycles. The number of carbonyl (C=O) groups excluding carboxylic acids is 1. The Kier molecular flexibility index (Phi) is 2.82. The van der Waals surface area contributed by atoms with Gasteiger partial charge in [0.2, 0.25) is 0 Å². The molecular formula is C15H14N2O3. The number of hydrogen-bond acceptors (Lipinski definition) is 4. The molecule has 1 aromatic carbocycles. The first-order chi connectivity index (χ1) is 9.67. The molecule has 0 radical (unpaired) electrons. The van der Waals surface area contributed by atoms with E-state index in [2.05, 4.69) is 4.98 Å². The van der Waals surface area contributed by atoms with Crippen LogP contribution >= 0.6 is 0 Å². The summed E-state index contributed by atoms with van der Waals surface area (Å²) in [5.41, 5.74) is 3.11. The van der Waals surface area contributed by atoms with E-state index >= 15 is 0 Å². The van der Waals surface area contributed by atoms with E-state index in [0.717, 1.165) is 21.2 Å². The van der Waals surface area contributed by atoms with Gasteiger partial charge in [0, 0.05) is 10.9 Å². The molecular weight excluding hydrogens is 256 g/mol. The highest BCUT2D eigenvalue weighted by Gasteiger charge is 2.23. The summed E-state index contributed by atoms with van der Waals surface area (Å²) in [5, 5.41) is 11.2. The molecule has 0 aromatic heterocycles. The molecule has 5 heteroatoms. The molecule has 3 rings (SSSR count). The highest BCUT2D eigenvalue weighted by atomic mass is 16.5. The van der Waals surface area contributed by atoms with Gasteiger partial charge in [0.05, 0.1) is 24.0 Å². The molecule has 2 aliphatic heterocycles. The van der Waals surface area contributed by atoms with E-state index in [1.807, 2.05) is 31.2 Å². The van der Waals surface area contributed by atoms with Crippen LogP contribution in [0.5, 0.6) is 0 Å². The van der Waals surface area contributed by atoms with Gasteiger partial charge in [-0.15, -0.1) is 0 Å². The number of benzene rings is 1. The molecule has 1 N–H and O–H groups in total. The molecule has 2 aliphatic rings. The molecule has 0 saturated heterocycles. The Hall–Kier alpha value is -2.56. The van der Waals surface area contributed by atoms with Crippen LogP contribution in [0.3, 0.4) is 0 Å². The summed E-state index contributed by atoms with van der Waals surface area (Å²) in [6.07, 6.45) is 0.557. The molecule has 102 valence electrons. The molecule has 0 amide bonds. The summed E-state index contributed by atoms with van der Waals surface area (Å²) < 4.78 is 5.59. The maximum Gasteiger partial charge on any atom is 0.358 e. The zero-order chi connectivity index (χ0) is 14.3. The number of methoxy groups -OCH3 is 1. The van der Waals surface area contributed by atoms with Gasteiger partial charge < -0.3 is 9.94 Å². The first-order valence-corrected chi connectivity index (χ1v) is 6.38. The Balaban J connectivity index is 2.43. The number of esters is 1. The molecule has 0 atom stereocenters. The summed E-state index contributed by atoms with van der Waals surface area (Å²) in [4.78, 5) is 16.3. The smallest absolute Gasteiger partial charge is 0.358 e. The fourth-order valence-corrected chi connectivity index (χ4v) is 2.48. The summed E-state index contributed by atoms with van der Waals surface area (Å²) in [7, 11) is 1.29. The maximum absolute atomic E-state index is 11.8. The van der Waals surface area contributed by atoms with E-state index in [1.165, 1.54) is 7.11 Å². The second-order valence-electron chi connectivity index (χ2n) is 4.52. The molecule has 20 heavy (non-hydrogen) atoms. The molecule has 2 heterocycles. The van der Waals surface area contributed by atoms with Crippen LogP contribution in [0.15, 0.2) is 30.3 Å². The zero-order valence-electron chi connectivity index (χ0n) is 11.3. The number of ether oxygens (including phenoxy) is 1. The Morgan fingerprint density at radius 1 is 1.40 bits per heavy atom. The van der Waals surface area contributed by atoms with E-state index in [1.54, 1.807) is 6.07 Å². The molecule has 5 nitrogen and oxygen atoms in total. The Morgan fingerprint density at radius 3 is 2.85 bits per heavy atom. The van der Waals surface area contributed by atoms with Crippen molar-refractivity contribution < 1.29 is 14.7 Å². The monoisotopic (exact) mass is 270 g/mol. The minimum atomic E-state index is -0.575. The third kappa shape index (κ3) is 1.63. The highest BCUT2D eigenvalue weighted by Crippen LogP contribution is 2.34. The Morgan fingerprint density at radius 2 is 2.15 bits per heavy atom. The van der Waals surface area contributed by atoms with Gasteiger partial charge in [0.25, 0.3) is 0 Å². The zero-order valence-corrected chi connectivity index (χ0v) is 11.3. The minimum Gasteiger partial charge on any atom is -0.464 e. The summed E-state index contributed by atoms with van der Waals surface area (Å²) in [6.45, 7) is 1.90. The van der Waals surface area contributed by atoms with Gasteiger partial charge in [-0.25, -0.2) is 9.78 Å². The second-order valence-corrected chi connectivity index (χ2v) is 4.52. The minimum absolute atomic E-state index is 0.106. The lowest BCUT2D eigenvalue weighted by molar-refractivity contribution is 0.0540. The van der Waals surface area contributed by atoms with Crippen molar-refractivity contribution in [3.05, 3.63) is 41.7 Å². The average Bonchev–Trinajstić information content (AvgIpc) is 2.84. The van der Waals surface area contributed by atoms with Crippen LogP contribution in [0.2, 0.25) is 0 Å². The van der Waals surface area contributed by atoms with Gasteiger partial charge in [-0.05, 0) is 18.6 Å². The molecule has 0 aliphatic carbocycles. The fourth-order valence-electron chi connectivity index (χ4n) is 2.48. The third-order valence-electron chi connectivity index (χ3n) is 3.45. The molecule has 0 bridgehead atoms. The van der Waals surface area contributed by atoms with E-state index in [4.69, 9.17) is 4.74 Å². The predicted molar refractivity (Wildman–Crippen MR) is 74.3 cm³/mol. The molecule has 0 spiro atoms. The number of rotatable bonds is 2. The average molecular weight is 270 g/mol. The number of fused-ring (bicyclic) bond motifs is 3. The topological polar surface area (TPSA) is 64.3 Å². The van der Waals surface area contributed by atoms with Crippen molar-refractivity contribution in [1.29, 1.82) is 0 Å². The summed E-state index contributed by atoms with van der Waals surface area (Å²) >= 11 is 0. The molecule has 1 aromatic rings. The Labute approximate surface area is 115 Å². The van der Waals surface area contributed by atoms with Crippen molar-refractivity contribution >= 4 is 16.9 Å².